The summed E-state index contributed by atoms with van der Waals surface area (Å²) in [4.78, 5) is 27.0. The Labute approximate surface area is 130 Å². The molecule has 7 heteroatoms. The summed E-state index contributed by atoms with van der Waals surface area (Å²) in [6.45, 7) is 6.37. The van der Waals surface area contributed by atoms with E-state index >= 15 is 0 Å². The van der Waals surface area contributed by atoms with Crippen LogP contribution in [0.3, 0.4) is 0 Å². The Hall–Kier alpha value is -0.790. The van der Waals surface area contributed by atoms with Gasteiger partial charge in [0.1, 0.15) is 10.9 Å². The molecule has 2 aliphatic rings. The van der Waals surface area contributed by atoms with Gasteiger partial charge in [-0.3, -0.25) is 15.0 Å². The Morgan fingerprint density at radius 2 is 2.33 bits per heavy atom. The van der Waals surface area contributed by atoms with Crippen LogP contribution in [0.4, 0.5) is 0 Å². The molecule has 0 saturated carbocycles. The van der Waals surface area contributed by atoms with Gasteiger partial charge in [0.15, 0.2) is 6.54 Å². The number of rotatable bonds is 6. The van der Waals surface area contributed by atoms with E-state index in [1.54, 1.807) is 11.8 Å². The van der Waals surface area contributed by atoms with Crippen molar-refractivity contribution in [3.63, 3.8) is 0 Å². The van der Waals surface area contributed by atoms with E-state index in [9.17, 15) is 9.59 Å². The van der Waals surface area contributed by atoms with Crippen molar-refractivity contribution in [3.05, 3.63) is 0 Å². The maximum Gasteiger partial charge on any atom is 0.289 e. The van der Waals surface area contributed by atoms with Crippen LogP contribution in [0.25, 0.3) is 0 Å². The molecular formula is C14H27N4O2S+. The summed E-state index contributed by atoms with van der Waals surface area (Å²) in [7, 11) is 0. The fourth-order valence-electron chi connectivity index (χ4n) is 3.52. The van der Waals surface area contributed by atoms with Gasteiger partial charge in [-0.15, -0.1) is 11.8 Å². The lowest BCUT2D eigenvalue weighted by atomic mass is 9.89. The molecule has 0 spiro atoms. The van der Waals surface area contributed by atoms with Gasteiger partial charge in [-0.05, 0) is 13.3 Å². The van der Waals surface area contributed by atoms with Gasteiger partial charge in [0.2, 0.25) is 5.91 Å². The van der Waals surface area contributed by atoms with E-state index in [0.29, 0.717) is 12.3 Å². The maximum absolute atomic E-state index is 12.0. The number of nitrogens with one attached hydrogen (secondary N) is 2. The van der Waals surface area contributed by atoms with Crippen molar-refractivity contribution < 1.29 is 14.5 Å². The topological polar surface area (TPSA) is 79.9 Å². The second-order valence-corrected chi connectivity index (χ2v) is 7.29. The highest BCUT2D eigenvalue weighted by Gasteiger charge is 2.54. The molecule has 0 aliphatic carbocycles. The number of hydrazine groups is 1. The minimum absolute atomic E-state index is 0.0727. The number of hydrogen-bond acceptors (Lipinski definition) is 4. The number of nitrogens with zero attached hydrogens (tertiary/aromatic N) is 1. The molecule has 0 aromatic rings. The van der Waals surface area contributed by atoms with Crippen LogP contribution < -0.4 is 16.2 Å². The number of fused-ring (bicyclic) bond motifs is 1. The van der Waals surface area contributed by atoms with E-state index in [1.165, 1.54) is 17.7 Å². The van der Waals surface area contributed by atoms with Crippen LogP contribution >= 0.6 is 11.8 Å². The number of quaternary nitrogens is 1. The first-order valence-electron chi connectivity index (χ1n) is 7.78. The Balaban J connectivity index is 2.15. The van der Waals surface area contributed by atoms with Crippen molar-refractivity contribution in [1.29, 1.82) is 0 Å². The van der Waals surface area contributed by atoms with Crippen molar-refractivity contribution in [2.24, 2.45) is 5.84 Å². The van der Waals surface area contributed by atoms with Gasteiger partial charge in [0, 0.05) is 6.42 Å². The van der Waals surface area contributed by atoms with E-state index in [1.807, 2.05) is 4.90 Å². The minimum atomic E-state index is -0.130. The van der Waals surface area contributed by atoms with Gasteiger partial charge in [0.25, 0.3) is 5.91 Å². The number of unbranched alkanes of at least 4 members (excludes halogenated alkanes) is 2. The molecular weight excluding hydrogens is 288 g/mol. The summed E-state index contributed by atoms with van der Waals surface area (Å²) in [6, 6.07) is 0. The standard InChI is InChI=1S/C14H26N4O2S/c1-3-4-5-6-14(2)13-18(12(20)10-21-13)8-7-17(14)9-11(19)16-15/h13H,3-10,15H2,1-2H3,(H,16,19)/p+1/t13-,14-/m0/s1. The van der Waals surface area contributed by atoms with Crippen LogP contribution in [0.1, 0.15) is 39.5 Å². The van der Waals surface area contributed by atoms with Gasteiger partial charge < -0.3 is 9.80 Å². The second kappa shape index (κ2) is 6.98. The third kappa shape index (κ3) is 3.35. The molecule has 0 aromatic heterocycles. The third-order valence-electron chi connectivity index (χ3n) is 4.81. The first-order chi connectivity index (χ1) is 10.0. The van der Waals surface area contributed by atoms with Gasteiger partial charge in [-0.1, -0.05) is 19.8 Å². The molecule has 120 valence electrons. The number of nitrogens with two attached hydrogens (primary N) is 1. The highest BCUT2D eigenvalue weighted by atomic mass is 32.2. The molecule has 6 nitrogen and oxygen atoms in total. The fraction of sp³-hybridized carbons (Fsp3) is 0.857. The van der Waals surface area contributed by atoms with Crippen LogP contribution in [-0.2, 0) is 9.59 Å². The van der Waals surface area contributed by atoms with Crippen molar-refractivity contribution in [2.45, 2.75) is 50.4 Å². The van der Waals surface area contributed by atoms with E-state index in [-0.39, 0.29) is 22.7 Å². The average molecular weight is 315 g/mol. The molecule has 2 amide bonds. The highest BCUT2D eigenvalue weighted by molar-refractivity contribution is 8.01. The zero-order valence-electron chi connectivity index (χ0n) is 13.0. The summed E-state index contributed by atoms with van der Waals surface area (Å²) in [5.41, 5.74) is 2.17. The number of carbonyl (C=O) groups is 2. The van der Waals surface area contributed by atoms with Crippen molar-refractivity contribution in [1.82, 2.24) is 10.3 Å². The van der Waals surface area contributed by atoms with Gasteiger partial charge >= 0.3 is 0 Å². The Bertz CT molecular complexity index is 406. The first kappa shape index (κ1) is 16.6. The van der Waals surface area contributed by atoms with Crippen LogP contribution in [0.2, 0.25) is 0 Å². The molecule has 2 heterocycles. The maximum atomic E-state index is 12.0. The number of thioether (sulfide) groups is 1. The number of piperazine rings is 1. The lowest BCUT2D eigenvalue weighted by Gasteiger charge is -2.48. The summed E-state index contributed by atoms with van der Waals surface area (Å²) in [6.07, 6.45) is 4.54. The third-order valence-corrected chi connectivity index (χ3v) is 6.31. The zero-order valence-corrected chi connectivity index (χ0v) is 13.8. The number of carbonyl (C=O) groups excluding carboxylic acids is 2. The lowest BCUT2D eigenvalue weighted by molar-refractivity contribution is -0.950. The van der Waals surface area contributed by atoms with Crippen molar-refractivity contribution in [2.75, 3.05) is 25.4 Å². The summed E-state index contributed by atoms with van der Waals surface area (Å²) in [5.74, 6) is 5.93. The van der Waals surface area contributed by atoms with Crippen LogP contribution in [-0.4, -0.2) is 53.0 Å². The average Bonchev–Trinajstić information content (AvgIpc) is 2.85. The first-order valence-corrected chi connectivity index (χ1v) is 8.83. The van der Waals surface area contributed by atoms with Crippen molar-refractivity contribution in [3.8, 4) is 0 Å². The summed E-state index contributed by atoms with van der Waals surface area (Å²) in [5, 5.41) is 0.191. The van der Waals surface area contributed by atoms with Gasteiger partial charge in [-0.25, -0.2) is 5.84 Å². The molecule has 0 aromatic carbocycles. The molecule has 2 rings (SSSR count). The Kier molecular flexibility index (Phi) is 5.51. The van der Waals surface area contributed by atoms with Crippen LogP contribution in [0.15, 0.2) is 0 Å². The van der Waals surface area contributed by atoms with Crippen molar-refractivity contribution >= 4 is 23.6 Å². The predicted molar refractivity (Wildman–Crippen MR) is 83.5 cm³/mol. The smallest absolute Gasteiger partial charge is 0.289 e. The minimum Gasteiger partial charge on any atom is -0.319 e. The Morgan fingerprint density at radius 1 is 1.57 bits per heavy atom. The Morgan fingerprint density at radius 3 is 3.00 bits per heavy atom. The van der Waals surface area contributed by atoms with Gasteiger partial charge in [-0.2, -0.15) is 0 Å². The SMILES string of the molecule is CCCCC[C@@]1(C)[C@@H]2SCC(=O)N2CC[NH+]1CC(=O)NN. The summed E-state index contributed by atoms with van der Waals surface area (Å²) >= 11 is 1.73. The molecule has 21 heavy (non-hydrogen) atoms. The van der Waals surface area contributed by atoms with Crippen LogP contribution in [0.5, 0.6) is 0 Å². The zero-order chi connectivity index (χ0) is 15.5. The molecule has 2 saturated heterocycles. The predicted octanol–water partition coefficient (Wildman–Crippen LogP) is -0.885. The lowest BCUT2D eigenvalue weighted by Crippen LogP contribution is -3.24. The molecule has 2 fully saturated rings. The molecule has 0 bridgehead atoms. The highest BCUT2D eigenvalue weighted by Crippen LogP contribution is 2.35. The van der Waals surface area contributed by atoms with Gasteiger partial charge in [0.05, 0.1) is 18.8 Å². The normalized spacial score (nSPS) is 32.1. The van der Waals surface area contributed by atoms with E-state index in [0.717, 1.165) is 25.9 Å². The molecule has 4 N–H and O–H groups in total. The molecule has 3 atom stereocenters. The monoisotopic (exact) mass is 315 g/mol. The van der Waals surface area contributed by atoms with Crippen LogP contribution in [0, 0.1) is 0 Å². The van der Waals surface area contributed by atoms with E-state index < -0.39 is 0 Å². The van der Waals surface area contributed by atoms with E-state index in [2.05, 4.69) is 19.3 Å². The number of amides is 2. The summed E-state index contributed by atoms with van der Waals surface area (Å²) < 4.78 is 0. The molecule has 1 unspecified atom stereocenters. The molecule has 2 aliphatic heterocycles. The fourth-order valence-corrected chi connectivity index (χ4v) is 5.04. The number of hydrogen-bond donors (Lipinski definition) is 3. The second-order valence-electron chi connectivity index (χ2n) is 6.22. The largest absolute Gasteiger partial charge is 0.319 e. The van der Waals surface area contributed by atoms with E-state index in [4.69, 9.17) is 5.84 Å². The molecule has 0 radical (unpaired) electrons. The quantitative estimate of drug-likeness (QED) is 0.257.